The van der Waals surface area contributed by atoms with E-state index in [2.05, 4.69) is 5.32 Å². The highest BCUT2D eigenvalue weighted by molar-refractivity contribution is 5.90. The van der Waals surface area contributed by atoms with Gasteiger partial charge in [0.1, 0.15) is 0 Å². The average molecular weight is 293 g/mol. The number of rotatable bonds is 6. The first kappa shape index (κ1) is 17.0. The number of nitrogens with one attached hydrogen (secondary N) is 1. The minimum Gasteiger partial charge on any atom is -0.449 e. The number of imide groups is 1. The number of nitrogens with zero attached hydrogens (tertiary/aromatic N) is 1. The fourth-order valence-corrected chi connectivity index (χ4v) is 1.90. The summed E-state index contributed by atoms with van der Waals surface area (Å²) in [6.07, 6.45) is 0.0360. The predicted molar refractivity (Wildman–Crippen MR) is 81.1 cm³/mol. The SMILES string of the molecule is CCOC(=O)N(CCN)C(=O)NCCc1ccccc1C. The lowest BCUT2D eigenvalue weighted by Gasteiger charge is -2.19. The van der Waals surface area contributed by atoms with Crippen LogP contribution in [-0.2, 0) is 11.2 Å². The van der Waals surface area contributed by atoms with E-state index in [0.29, 0.717) is 13.0 Å². The van der Waals surface area contributed by atoms with E-state index >= 15 is 0 Å². The smallest absolute Gasteiger partial charge is 0.418 e. The van der Waals surface area contributed by atoms with Gasteiger partial charge in [0.25, 0.3) is 0 Å². The standard InChI is InChI=1S/C15H23N3O3/c1-3-21-15(20)18(11-9-16)14(19)17-10-8-13-7-5-4-6-12(13)2/h4-7H,3,8-11,16H2,1-2H3,(H,17,19). The van der Waals surface area contributed by atoms with Gasteiger partial charge in [-0.2, -0.15) is 0 Å². The van der Waals surface area contributed by atoms with Crippen LogP contribution in [0.1, 0.15) is 18.1 Å². The third-order valence-electron chi connectivity index (χ3n) is 3.02. The van der Waals surface area contributed by atoms with Crippen LogP contribution >= 0.6 is 0 Å². The first-order valence-corrected chi connectivity index (χ1v) is 7.06. The number of hydrogen-bond donors (Lipinski definition) is 2. The van der Waals surface area contributed by atoms with Crippen molar-refractivity contribution in [1.29, 1.82) is 0 Å². The number of ether oxygens (including phenoxy) is 1. The number of benzene rings is 1. The minimum absolute atomic E-state index is 0.134. The number of urea groups is 1. The molecule has 0 aliphatic heterocycles. The van der Waals surface area contributed by atoms with Crippen molar-refractivity contribution in [2.75, 3.05) is 26.2 Å². The highest BCUT2D eigenvalue weighted by atomic mass is 16.6. The molecule has 1 aromatic rings. The Kier molecular flexibility index (Phi) is 7.25. The van der Waals surface area contributed by atoms with Crippen LogP contribution in [0.3, 0.4) is 0 Å². The van der Waals surface area contributed by atoms with Crippen LogP contribution < -0.4 is 11.1 Å². The fraction of sp³-hybridized carbons (Fsp3) is 0.467. The van der Waals surface area contributed by atoms with Crippen molar-refractivity contribution in [3.63, 3.8) is 0 Å². The third kappa shape index (κ3) is 5.43. The van der Waals surface area contributed by atoms with Crippen LogP contribution in [0.4, 0.5) is 9.59 Å². The van der Waals surface area contributed by atoms with Crippen molar-refractivity contribution in [1.82, 2.24) is 10.2 Å². The van der Waals surface area contributed by atoms with Gasteiger partial charge in [-0.1, -0.05) is 24.3 Å². The van der Waals surface area contributed by atoms with Crippen molar-refractivity contribution in [3.05, 3.63) is 35.4 Å². The maximum atomic E-state index is 12.0. The molecule has 116 valence electrons. The van der Waals surface area contributed by atoms with Crippen LogP contribution in [0.5, 0.6) is 0 Å². The monoisotopic (exact) mass is 293 g/mol. The summed E-state index contributed by atoms with van der Waals surface area (Å²) < 4.78 is 4.83. The largest absolute Gasteiger partial charge is 0.449 e. The lowest BCUT2D eigenvalue weighted by molar-refractivity contribution is 0.115. The lowest BCUT2D eigenvalue weighted by Crippen LogP contribution is -2.46. The highest BCUT2D eigenvalue weighted by Crippen LogP contribution is 2.07. The Balaban J connectivity index is 2.50. The Labute approximate surface area is 125 Å². The van der Waals surface area contributed by atoms with Crippen molar-refractivity contribution in [3.8, 4) is 0 Å². The Morgan fingerprint density at radius 1 is 1.33 bits per heavy atom. The molecular weight excluding hydrogens is 270 g/mol. The molecule has 0 spiro atoms. The molecule has 3 N–H and O–H groups in total. The summed E-state index contributed by atoms with van der Waals surface area (Å²) in [5.41, 5.74) is 7.75. The second-order valence-corrected chi connectivity index (χ2v) is 4.55. The van der Waals surface area contributed by atoms with E-state index in [1.54, 1.807) is 6.92 Å². The van der Waals surface area contributed by atoms with E-state index in [1.807, 2.05) is 31.2 Å². The van der Waals surface area contributed by atoms with Gasteiger partial charge in [-0.05, 0) is 31.4 Å². The molecule has 6 nitrogen and oxygen atoms in total. The summed E-state index contributed by atoms with van der Waals surface area (Å²) in [7, 11) is 0. The Morgan fingerprint density at radius 2 is 2.05 bits per heavy atom. The molecule has 0 aliphatic rings. The van der Waals surface area contributed by atoms with Gasteiger partial charge in [0, 0.05) is 19.6 Å². The molecule has 0 unspecified atom stereocenters. The normalized spacial score (nSPS) is 10.0. The van der Waals surface area contributed by atoms with Gasteiger partial charge in [-0.3, -0.25) is 0 Å². The Bertz CT molecular complexity index is 477. The van der Waals surface area contributed by atoms with Gasteiger partial charge >= 0.3 is 12.1 Å². The summed E-state index contributed by atoms with van der Waals surface area (Å²) in [4.78, 5) is 24.6. The molecule has 0 saturated heterocycles. The second-order valence-electron chi connectivity index (χ2n) is 4.55. The van der Waals surface area contributed by atoms with E-state index < -0.39 is 12.1 Å². The predicted octanol–water partition coefficient (Wildman–Crippen LogP) is 1.66. The zero-order chi connectivity index (χ0) is 15.7. The molecule has 0 radical (unpaired) electrons. The molecule has 0 aliphatic carbocycles. The number of aryl methyl sites for hydroxylation is 1. The summed E-state index contributed by atoms with van der Waals surface area (Å²) in [6.45, 7) is 4.71. The number of nitrogens with two attached hydrogens (primary N) is 1. The van der Waals surface area contributed by atoms with Crippen LogP contribution in [-0.4, -0.2) is 43.3 Å². The number of carbonyl (C=O) groups is 2. The molecular formula is C15H23N3O3. The lowest BCUT2D eigenvalue weighted by atomic mass is 10.1. The maximum absolute atomic E-state index is 12.0. The second kappa shape index (κ2) is 8.97. The molecule has 0 fully saturated rings. The average Bonchev–Trinajstić information content (AvgIpc) is 2.46. The highest BCUT2D eigenvalue weighted by Gasteiger charge is 2.21. The van der Waals surface area contributed by atoms with Gasteiger partial charge in [-0.25, -0.2) is 14.5 Å². The number of carbonyl (C=O) groups excluding carboxylic acids is 2. The molecule has 3 amide bonds. The number of hydrogen-bond acceptors (Lipinski definition) is 4. The van der Waals surface area contributed by atoms with Gasteiger partial charge < -0.3 is 15.8 Å². The topological polar surface area (TPSA) is 84.7 Å². The van der Waals surface area contributed by atoms with Gasteiger partial charge in [0.15, 0.2) is 0 Å². The Morgan fingerprint density at radius 3 is 2.67 bits per heavy atom. The fourth-order valence-electron chi connectivity index (χ4n) is 1.90. The van der Waals surface area contributed by atoms with Crippen molar-refractivity contribution in [2.24, 2.45) is 5.73 Å². The van der Waals surface area contributed by atoms with Crippen LogP contribution in [0.25, 0.3) is 0 Å². The van der Waals surface area contributed by atoms with Crippen LogP contribution in [0.15, 0.2) is 24.3 Å². The van der Waals surface area contributed by atoms with Crippen molar-refractivity contribution < 1.29 is 14.3 Å². The molecule has 1 rings (SSSR count). The van der Waals surface area contributed by atoms with Gasteiger partial charge in [-0.15, -0.1) is 0 Å². The summed E-state index contributed by atoms with van der Waals surface area (Å²) >= 11 is 0. The number of amides is 3. The summed E-state index contributed by atoms with van der Waals surface area (Å²) in [5, 5.41) is 2.71. The third-order valence-corrected chi connectivity index (χ3v) is 3.02. The molecule has 0 atom stereocenters. The zero-order valence-electron chi connectivity index (χ0n) is 12.6. The molecule has 21 heavy (non-hydrogen) atoms. The quantitative estimate of drug-likeness (QED) is 0.835. The molecule has 0 aromatic heterocycles. The molecule has 0 bridgehead atoms. The first-order valence-electron chi connectivity index (χ1n) is 7.06. The Hall–Kier alpha value is -2.08. The summed E-state index contributed by atoms with van der Waals surface area (Å²) in [5.74, 6) is 0. The van der Waals surface area contributed by atoms with E-state index in [0.717, 1.165) is 4.90 Å². The van der Waals surface area contributed by atoms with E-state index in [9.17, 15) is 9.59 Å². The van der Waals surface area contributed by atoms with Crippen LogP contribution in [0.2, 0.25) is 0 Å². The zero-order valence-corrected chi connectivity index (χ0v) is 12.6. The first-order chi connectivity index (χ1) is 10.1. The molecule has 1 aromatic carbocycles. The van der Waals surface area contributed by atoms with E-state index in [-0.39, 0.29) is 19.7 Å². The van der Waals surface area contributed by atoms with E-state index in [4.69, 9.17) is 10.5 Å². The van der Waals surface area contributed by atoms with Gasteiger partial charge in [0.2, 0.25) is 0 Å². The molecule has 0 heterocycles. The van der Waals surface area contributed by atoms with Crippen molar-refractivity contribution in [2.45, 2.75) is 20.3 Å². The molecule has 0 saturated carbocycles. The summed E-state index contributed by atoms with van der Waals surface area (Å²) in [6, 6.07) is 7.50. The van der Waals surface area contributed by atoms with E-state index in [1.165, 1.54) is 11.1 Å². The van der Waals surface area contributed by atoms with Gasteiger partial charge in [0.05, 0.1) is 6.61 Å². The molecule has 6 heteroatoms. The minimum atomic E-state index is -0.670. The van der Waals surface area contributed by atoms with Crippen molar-refractivity contribution >= 4 is 12.1 Å². The van der Waals surface area contributed by atoms with Crippen LogP contribution in [0, 0.1) is 6.92 Å². The maximum Gasteiger partial charge on any atom is 0.418 e.